The normalized spacial score (nSPS) is 25.1. The number of likely N-dealkylation sites (tertiary alicyclic amines) is 1. The van der Waals surface area contributed by atoms with Crippen LogP contribution in [0.3, 0.4) is 0 Å². The Balaban J connectivity index is 1.75. The Morgan fingerprint density at radius 1 is 1.14 bits per heavy atom. The molecule has 2 fully saturated rings. The van der Waals surface area contributed by atoms with Gasteiger partial charge in [-0.15, -0.1) is 0 Å². The van der Waals surface area contributed by atoms with Crippen molar-refractivity contribution in [1.82, 2.24) is 20.0 Å². The van der Waals surface area contributed by atoms with Gasteiger partial charge in [0.05, 0.1) is 0 Å². The lowest BCUT2D eigenvalue weighted by molar-refractivity contribution is 0.119. The van der Waals surface area contributed by atoms with Crippen LogP contribution in [0.4, 0.5) is 0 Å². The van der Waals surface area contributed by atoms with Crippen LogP contribution in [0.15, 0.2) is 4.99 Å². The Bertz CT molecular complexity index is 328. The van der Waals surface area contributed by atoms with Gasteiger partial charge in [0.25, 0.3) is 0 Å². The molecule has 1 unspecified atom stereocenters. The van der Waals surface area contributed by atoms with Gasteiger partial charge in [0.15, 0.2) is 5.96 Å². The monoisotopic (exact) mass is 295 g/mol. The number of rotatable bonds is 3. The van der Waals surface area contributed by atoms with Crippen molar-refractivity contribution < 1.29 is 0 Å². The molecule has 21 heavy (non-hydrogen) atoms. The molecule has 0 bridgehead atoms. The number of aliphatic imine (C=N–C) groups is 1. The molecule has 0 amide bonds. The van der Waals surface area contributed by atoms with Gasteiger partial charge in [-0.1, -0.05) is 6.92 Å². The van der Waals surface area contributed by atoms with E-state index < -0.39 is 0 Å². The van der Waals surface area contributed by atoms with Gasteiger partial charge in [-0.2, -0.15) is 0 Å². The first-order chi connectivity index (χ1) is 10.1. The second-order valence-electron chi connectivity index (χ2n) is 6.79. The minimum Gasteiger partial charge on any atom is -0.355 e. The fraction of sp³-hybridized carbons (Fsp3) is 0.938. The molecular formula is C16H33N5. The van der Waals surface area contributed by atoms with Crippen molar-refractivity contribution in [2.75, 3.05) is 59.9 Å². The third-order valence-electron chi connectivity index (χ3n) is 5.01. The predicted octanol–water partition coefficient (Wildman–Crippen LogP) is 0.930. The van der Waals surface area contributed by atoms with E-state index in [-0.39, 0.29) is 0 Å². The number of piperidine rings is 1. The summed E-state index contributed by atoms with van der Waals surface area (Å²) >= 11 is 0. The van der Waals surface area contributed by atoms with E-state index in [2.05, 4.69) is 45.9 Å². The summed E-state index contributed by atoms with van der Waals surface area (Å²) in [5.74, 6) is 1.95. The Kier molecular flexibility index (Phi) is 6.30. The molecule has 5 heteroatoms. The fourth-order valence-electron chi connectivity index (χ4n) is 3.18. The minimum absolute atomic E-state index is 0.569. The largest absolute Gasteiger partial charge is 0.355 e. The zero-order chi connectivity index (χ0) is 15.2. The van der Waals surface area contributed by atoms with E-state index in [0.29, 0.717) is 6.04 Å². The van der Waals surface area contributed by atoms with E-state index in [1.54, 1.807) is 0 Å². The van der Waals surface area contributed by atoms with Crippen molar-refractivity contribution in [1.29, 1.82) is 0 Å². The second kappa shape index (κ2) is 7.99. The third kappa shape index (κ3) is 4.85. The summed E-state index contributed by atoms with van der Waals surface area (Å²) in [5, 5.41) is 3.58. The lowest BCUT2D eigenvalue weighted by Gasteiger charge is -2.38. The summed E-state index contributed by atoms with van der Waals surface area (Å²) in [6.45, 7) is 12.7. The highest BCUT2D eigenvalue weighted by Crippen LogP contribution is 2.15. The van der Waals surface area contributed by atoms with E-state index in [0.717, 1.165) is 31.5 Å². The number of hydrogen-bond acceptors (Lipinski definition) is 3. The van der Waals surface area contributed by atoms with Gasteiger partial charge in [-0.25, -0.2) is 0 Å². The van der Waals surface area contributed by atoms with Crippen LogP contribution in [0.25, 0.3) is 0 Å². The van der Waals surface area contributed by atoms with Crippen molar-refractivity contribution >= 4 is 5.96 Å². The Hall–Kier alpha value is -0.810. The van der Waals surface area contributed by atoms with Gasteiger partial charge < -0.3 is 15.1 Å². The van der Waals surface area contributed by atoms with Crippen molar-refractivity contribution in [2.24, 2.45) is 10.9 Å². The zero-order valence-corrected chi connectivity index (χ0v) is 14.3. The first-order valence-electron chi connectivity index (χ1n) is 8.48. The first kappa shape index (κ1) is 16.6. The molecule has 0 aromatic rings. The van der Waals surface area contributed by atoms with Gasteiger partial charge in [0.2, 0.25) is 0 Å². The van der Waals surface area contributed by atoms with Crippen molar-refractivity contribution in [2.45, 2.75) is 32.7 Å². The summed E-state index contributed by atoms with van der Waals surface area (Å²) in [6.07, 6.45) is 2.57. The highest BCUT2D eigenvalue weighted by molar-refractivity contribution is 5.80. The lowest BCUT2D eigenvalue weighted by Crippen LogP contribution is -2.53. The minimum atomic E-state index is 0.569. The number of nitrogens with one attached hydrogen (secondary N) is 1. The number of likely N-dealkylation sites (N-methyl/N-ethyl adjacent to an activating group) is 1. The van der Waals surface area contributed by atoms with Gasteiger partial charge in [-0.3, -0.25) is 9.89 Å². The first-order valence-corrected chi connectivity index (χ1v) is 8.48. The molecule has 122 valence electrons. The average Bonchev–Trinajstić information content (AvgIpc) is 2.50. The molecule has 0 aromatic carbocycles. The molecule has 2 heterocycles. The SMILES string of the molecule is CN=C(NCC(C)N1CCN(C)CC1)N1CCC(C)CC1. The van der Waals surface area contributed by atoms with E-state index >= 15 is 0 Å². The number of hydrogen-bond donors (Lipinski definition) is 1. The molecule has 2 saturated heterocycles. The van der Waals surface area contributed by atoms with Crippen LogP contribution < -0.4 is 5.32 Å². The van der Waals surface area contributed by atoms with Crippen LogP contribution in [0.5, 0.6) is 0 Å². The molecule has 2 aliphatic heterocycles. The Morgan fingerprint density at radius 3 is 2.33 bits per heavy atom. The standard InChI is InChI=1S/C16H33N5/c1-14-5-7-21(8-6-14)16(17-3)18-13-15(2)20-11-9-19(4)10-12-20/h14-15H,5-13H2,1-4H3,(H,17,18). The molecule has 2 rings (SSSR count). The summed E-state index contributed by atoms with van der Waals surface area (Å²) in [5.41, 5.74) is 0. The number of piperazine rings is 1. The highest BCUT2D eigenvalue weighted by atomic mass is 15.3. The second-order valence-corrected chi connectivity index (χ2v) is 6.79. The smallest absolute Gasteiger partial charge is 0.193 e. The molecule has 2 aliphatic rings. The zero-order valence-electron chi connectivity index (χ0n) is 14.3. The van der Waals surface area contributed by atoms with E-state index in [4.69, 9.17) is 0 Å². The molecule has 0 saturated carbocycles. The van der Waals surface area contributed by atoms with E-state index in [9.17, 15) is 0 Å². The van der Waals surface area contributed by atoms with Crippen LogP contribution in [0, 0.1) is 5.92 Å². The molecule has 1 N–H and O–H groups in total. The molecule has 0 radical (unpaired) electrons. The fourth-order valence-corrected chi connectivity index (χ4v) is 3.18. The van der Waals surface area contributed by atoms with Crippen LogP contribution in [0.1, 0.15) is 26.7 Å². The van der Waals surface area contributed by atoms with Gasteiger partial charge in [-0.05, 0) is 32.7 Å². The van der Waals surface area contributed by atoms with Gasteiger partial charge in [0.1, 0.15) is 0 Å². The molecule has 0 aliphatic carbocycles. The number of guanidine groups is 1. The Morgan fingerprint density at radius 2 is 1.76 bits per heavy atom. The third-order valence-corrected chi connectivity index (χ3v) is 5.01. The quantitative estimate of drug-likeness (QED) is 0.620. The Labute approximate surface area is 130 Å². The maximum Gasteiger partial charge on any atom is 0.193 e. The molecule has 0 spiro atoms. The maximum absolute atomic E-state index is 4.47. The molecule has 0 aromatic heterocycles. The molecule has 1 atom stereocenters. The van der Waals surface area contributed by atoms with Crippen LogP contribution in [0.2, 0.25) is 0 Å². The highest BCUT2D eigenvalue weighted by Gasteiger charge is 2.21. The summed E-state index contributed by atoms with van der Waals surface area (Å²) in [6, 6.07) is 0.569. The topological polar surface area (TPSA) is 34.1 Å². The summed E-state index contributed by atoms with van der Waals surface area (Å²) in [4.78, 5) is 11.9. The lowest BCUT2D eigenvalue weighted by atomic mass is 10.00. The maximum atomic E-state index is 4.47. The predicted molar refractivity (Wildman–Crippen MR) is 89.9 cm³/mol. The summed E-state index contributed by atoms with van der Waals surface area (Å²) < 4.78 is 0. The van der Waals surface area contributed by atoms with Crippen LogP contribution >= 0.6 is 0 Å². The van der Waals surface area contributed by atoms with E-state index in [1.807, 2.05) is 7.05 Å². The number of nitrogens with zero attached hydrogens (tertiary/aromatic N) is 4. The summed E-state index contributed by atoms with van der Waals surface area (Å²) in [7, 11) is 4.11. The van der Waals surface area contributed by atoms with Gasteiger partial charge in [0, 0.05) is 58.9 Å². The molecule has 5 nitrogen and oxygen atoms in total. The van der Waals surface area contributed by atoms with Crippen molar-refractivity contribution in [3.8, 4) is 0 Å². The van der Waals surface area contributed by atoms with E-state index in [1.165, 1.54) is 39.0 Å². The van der Waals surface area contributed by atoms with Gasteiger partial charge >= 0.3 is 0 Å². The molecular weight excluding hydrogens is 262 g/mol. The van der Waals surface area contributed by atoms with Crippen LogP contribution in [-0.2, 0) is 0 Å². The van der Waals surface area contributed by atoms with Crippen molar-refractivity contribution in [3.63, 3.8) is 0 Å². The average molecular weight is 295 g/mol. The van der Waals surface area contributed by atoms with Crippen molar-refractivity contribution in [3.05, 3.63) is 0 Å². The van der Waals surface area contributed by atoms with Crippen LogP contribution in [-0.4, -0.2) is 86.6 Å².